The standard InChI is InChI=1S/C36H25N3O2/c1-21-17-22(2)34(23(3)18-21)39-35(40)29-12-8-14-31(33(29)36(39)41)38-30-13-7-6-11-27(30)28-16-15-24(19-32(28)38)26-10-5-4-9-25(26)20-37/h4-19H,1-3H3. The molecule has 0 radical (unpaired) electrons. The van der Waals surface area contributed by atoms with Gasteiger partial charge in [0, 0.05) is 10.8 Å². The van der Waals surface area contributed by atoms with Crippen LogP contribution in [0.15, 0.2) is 97.1 Å². The Balaban J connectivity index is 1.50. The van der Waals surface area contributed by atoms with Crippen molar-refractivity contribution in [1.29, 1.82) is 5.26 Å². The topological polar surface area (TPSA) is 66.1 Å². The van der Waals surface area contributed by atoms with Crippen molar-refractivity contribution in [1.82, 2.24) is 4.57 Å². The molecule has 1 aromatic heterocycles. The monoisotopic (exact) mass is 531 g/mol. The first-order valence-electron chi connectivity index (χ1n) is 13.5. The highest BCUT2D eigenvalue weighted by Gasteiger charge is 2.40. The summed E-state index contributed by atoms with van der Waals surface area (Å²) in [5.41, 5.74) is 9.10. The molecule has 0 aliphatic carbocycles. The van der Waals surface area contributed by atoms with E-state index in [1.54, 1.807) is 6.07 Å². The van der Waals surface area contributed by atoms with Gasteiger partial charge >= 0.3 is 0 Å². The first-order chi connectivity index (χ1) is 19.9. The summed E-state index contributed by atoms with van der Waals surface area (Å²) in [5.74, 6) is -0.640. The molecule has 41 heavy (non-hydrogen) atoms. The Morgan fingerprint density at radius 1 is 0.659 bits per heavy atom. The molecule has 196 valence electrons. The molecule has 0 unspecified atom stereocenters. The number of amides is 2. The molecule has 0 saturated carbocycles. The summed E-state index contributed by atoms with van der Waals surface area (Å²) in [6.45, 7) is 5.89. The second-order valence-corrected chi connectivity index (χ2v) is 10.6. The zero-order valence-corrected chi connectivity index (χ0v) is 22.9. The van der Waals surface area contributed by atoms with Gasteiger partial charge in [-0.2, -0.15) is 5.26 Å². The number of para-hydroxylation sites is 1. The quantitative estimate of drug-likeness (QED) is 0.217. The summed E-state index contributed by atoms with van der Waals surface area (Å²) in [5, 5.41) is 11.8. The van der Waals surface area contributed by atoms with E-state index in [2.05, 4.69) is 28.8 Å². The minimum absolute atomic E-state index is 0.314. The number of carbonyl (C=O) groups excluding carboxylic acids is 2. The van der Waals surface area contributed by atoms with Crippen LogP contribution in [0.25, 0.3) is 38.6 Å². The molecule has 0 fully saturated rings. The predicted molar refractivity (Wildman–Crippen MR) is 163 cm³/mol. The smallest absolute Gasteiger partial charge is 0.268 e. The molecule has 2 heterocycles. The number of nitriles is 1. The number of aromatic nitrogens is 1. The normalized spacial score (nSPS) is 12.8. The van der Waals surface area contributed by atoms with E-state index in [4.69, 9.17) is 0 Å². The van der Waals surface area contributed by atoms with Gasteiger partial charge < -0.3 is 4.57 Å². The summed E-state index contributed by atoms with van der Waals surface area (Å²) >= 11 is 0. The number of imide groups is 1. The van der Waals surface area contributed by atoms with Crippen LogP contribution < -0.4 is 4.90 Å². The Bertz CT molecular complexity index is 2120. The largest absolute Gasteiger partial charge is 0.308 e. The van der Waals surface area contributed by atoms with Gasteiger partial charge in [0.1, 0.15) is 0 Å². The number of fused-ring (bicyclic) bond motifs is 4. The first-order valence-corrected chi connectivity index (χ1v) is 13.5. The molecule has 0 saturated heterocycles. The summed E-state index contributed by atoms with van der Waals surface area (Å²) in [6.07, 6.45) is 0. The van der Waals surface area contributed by atoms with Crippen LogP contribution in [0.1, 0.15) is 43.0 Å². The molecule has 0 bridgehead atoms. The predicted octanol–water partition coefficient (Wildman–Crippen LogP) is 8.05. The van der Waals surface area contributed by atoms with Gasteiger partial charge in [-0.25, -0.2) is 4.90 Å². The Labute approximate surface area is 237 Å². The number of hydrogen-bond acceptors (Lipinski definition) is 3. The van der Waals surface area contributed by atoms with E-state index in [1.807, 2.05) is 93.6 Å². The van der Waals surface area contributed by atoms with Crippen LogP contribution in [-0.2, 0) is 0 Å². The van der Waals surface area contributed by atoms with Crippen LogP contribution in [0.4, 0.5) is 5.69 Å². The zero-order valence-electron chi connectivity index (χ0n) is 22.9. The zero-order chi connectivity index (χ0) is 28.4. The summed E-state index contributed by atoms with van der Waals surface area (Å²) in [7, 11) is 0. The fourth-order valence-electron chi connectivity index (χ4n) is 6.41. The van der Waals surface area contributed by atoms with E-state index in [-0.39, 0.29) is 11.8 Å². The second kappa shape index (κ2) is 9.04. The molecule has 0 N–H and O–H groups in total. The van der Waals surface area contributed by atoms with Crippen LogP contribution >= 0.6 is 0 Å². The first kappa shape index (κ1) is 24.6. The van der Waals surface area contributed by atoms with Crippen molar-refractivity contribution in [2.24, 2.45) is 0 Å². The SMILES string of the molecule is Cc1cc(C)c(N2C(=O)c3cccc(-n4c5ccccc5c5ccc(-c6ccccc6C#N)cc54)c3C2=O)c(C)c1. The molecule has 7 rings (SSSR count). The Morgan fingerprint density at radius 2 is 1.34 bits per heavy atom. The number of rotatable bonds is 3. The second-order valence-electron chi connectivity index (χ2n) is 10.6. The molecule has 2 amide bonds. The van der Waals surface area contributed by atoms with E-state index in [0.29, 0.717) is 28.1 Å². The third-order valence-corrected chi connectivity index (χ3v) is 8.03. The van der Waals surface area contributed by atoms with Gasteiger partial charge in [-0.3, -0.25) is 9.59 Å². The molecule has 1 aliphatic heterocycles. The third-order valence-electron chi connectivity index (χ3n) is 8.03. The van der Waals surface area contributed by atoms with Crippen molar-refractivity contribution in [2.45, 2.75) is 20.8 Å². The lowest BCUT2D eigenvalue weighted by Crippen LogP contribution is -2.31. The minimum atomic E-state index is -0.326. The molecule has 0 spiro atoms. The van der Waals surface area contributed by atoms with Gasteiger partial charge in [-0.05, 0) is 73.4 Å². The van der Waals surface area contributed by atoms with E-state index in [0.717, 1.165) is 49.6 Å². The van der Waals surface area contributed by atoms with Gasteiger partial charge in [-0.1, -0.05) is 72.3 Å². The van der Waals surface area contributed by atoms with Gasteiger partial charge in [0.15, 0.2) is 0 Å². The van der Waals surface area contributed by atoms with Crippen LogP contribution in [0, 0.1) is 32.1 Å². The van der Waals surface area contributed by atoms with Gasteiger partial charge in [0.05, 0.1) is 45.2 Å². The number of nitrogens with zero attached hydrogens (tertiary/aromatic N) is 3. The van der Waals surface area contributed by atoms with Gasteiger partial charge in [-0.15, -0.1) is 0 Å². The number of aryl methyl sites for hydroxylation is 3. The van der Waals surface area contributed by atoms with Crippen molar-refractivity contribution in [2.75, 3.05) is 4.90 Å². The summed E-state index contributed by atoms with van der Waals surface area (Å²) in [6, 6.07) is 33.6. The van der Waals surface area contributed by atoms with Crippen LogP contribution in [0.3, 0.4) is 0 Å². The fourth-order valence-corrected chi connectivity index (χ4v) is 6.41. The van der Waals surface area contributed by atoms with Crippen molar-refractivity contribution in [3.05, 3.63) is 130 Å². The van der Waals surface area contributed by atoms with Crippen molar-refractivity contribution in [3.63, 3.8) is 0 Å². The minimum Gasteiger partial charge on any atom is -0.308 e. The summed E-state index contributed by atoms with van der Waals surface area (Å²) < 4.78 is 2.07. The Kier molecular flexibility index (Phi) is 5.42. The highest BCUT2D eigenvalue weighted by atomic mass is 16.2. The highest BCUT2D eigenvalue weighted by molar-refractivity contribution is 6.36. The van der Waals surface area contributed by atoms with Crippen LogP contribution in [0.5, 0.6) is 0 Å². The average molecular weight is 532 g/mol. The van der Waals surface area contributed by atoms with E-state index < -0.39 is 0 Å². The third kappa shape index (κ3) is 3.54. The molecule has 5 heteroatoms. The molecule has 5 aromatic carbocycles. The van der Waals surface area contributed by atoms with Crippen molar-refractivity contribution in [3.8, 4) is 22.9 Å². The van der Waals surface area contributed by atoms with Crippen molar-refractivity contribution >= 4 is 39.3 Å². The molecular weight excluding hydrogens is 506 g/mol. The van der Waals surface area contributed by atoms with E-state index >= 15 is 0 Å². The lowest BCUT2D eigenvalue weighted by molar-refractivity contribution is 0.0925. The molecule has 1 aliphatic rings. The summed E-state index contributed by atoms with van der Waals surface area (Å²) in [4.78, 5) is 29.4. The number of benzene rings is 5. The van der Waals surface area contributed by atoms with E-state index in [1.165, 1.54) is 4.90 Å². The molecule has 0 atom stereocenters. The molecular formula is C36H25N3O2. The molecule has 6 aromatic rings. The number of anilines is 1. The number of hydrogen-bond donors (Lipinski definition) is 0. The maximum atomic E-state index is 14.2. The average Bonchev–Trinajstić information content (AvgIpc) is 3.43. The highest BCUT2D eigenvalue weighted by Crippen LogP contribution is 2.40. The Morgan fingerprint density at radius 3 is 2.12 bits per heavy atom. The number of carbonyl (C=O) groups is 2. The van der Waals surface area contributed by atoms with Gasteiger partial charge in [0.25, 0.3) is 11.8 Å². The lowest BCUT2D eigenvalue weighted by atomic mass is 9.99. The maximum absolute atomic E-state index is 14.2. The maximum Gasteiger partial charge on any atom is 0.268 e. The van der Waals surface area contributed by atoms with Gasteiger partial charge in [0.2, 0.25) is 0 Å². The molecule has 5 nitrogen and oxygen atoms in total. The fraction of sp³-hybridized carbons (Fsp3) is 0.0833. The Hall–Kier alpha value is -5.47. The van der Waals surface area contributed by atoms with Crippen LogP contribution in [-0.4, -0.2) is 16.4 Å². The lowest BCUT2D eigenvalue weighted by Gasteiger charge is -2.20. The van der Waals surface area contributed by atoms with E-state index in [9.17, 15) is 14.9 Å². The van der Waals surface area contributed by atoms with Crippen molar-refractivity contribution < 1.29 is 9.59 Å². The van der Waals surface area contributed by atoms with Crippen LogP contribution in [0.2, 0.25) is 0 Å².